The van der Waals surface area contributed by atoms with Crippen LogP contribution < -0.4 is 0 Å². The number of hydrogen-bond acceptors (Lipinski definition) is 3. The molecule has 10 aromatic rings. The molecule has 0 saturated heterocycles. The quantitative estimate of drug-likeness (QED) is 0.167. The van der Waals surface area contributed by atoms with Crippen LogP contribution in [-0.4, -0.2) is 15.7 Å². The molecule has 3 aliphatic rings. The first-order chi connectivity index (χ1) is 33.4. The van der Waals surface area contributed by atoms with Crippen molar-refractivity contribution in [3.8, 4) is 56.0 Å². The van der Waals surface area contributed by atoms with E-state index in [0.29, 0.717) is 5.82 Å². The number of allylic oxidation sites excluding steroid dienone is 7. The fraction of sp³-hybridized carbons (Fsp3) is 0.0615. The predicted octanol–water partition coefficient (Wildman–Crippen LogP) is 16.4. The van der Waals surface area contributed by atoms with Gasteiger partial charge in [-0.1, -0.05) is 196 Å². The Morgan fingerprint density at radius 2 is 0.985 bits per heavy atom. The van der Waals surface area contributed by atoms with Gasteiger partial charge in [0, 0.05) is 39.0 Å². The summed E-state index contributed by atoms with van der Waals surface area (Å²) in [6.07, 6.45) is 13.3. The van der Waals surface area contributed by atoms with Gasteiger partial charge in [-0.15, -0.1) is 0 Å². The number of benzene rings is 9. The minimum Gasteiger partial charge on any atom is -0.247 e. The third-order valence-electron chi connectivity index (χ3n) is 14.3. The Balaban J connectivity index is 0.870. The first kappa shape index (κ1) is 39.8. The second-order valence-electron chi connectivity index (χ2n) is 18.8. The van der Waals surface area contributed by atoms with Crippen LogP contribution in [0.25, 0.3) is 94.2 Å². The van der Waals surface area contributed by atoms with Crippen molar-refractivity contribution in [1.82, 2.24) is 9.97 Å². The normalized spacial score (nSPS) is 15.6. The van der Waals surface area contributed by atoms with E-state index in [1.54, 1.807) is 0 Å². The Morgan fingerprint density at radius 3 is 1.71 bits per heavy atom. The lowest BCUT2D eigenvalue weighted by Crippen LogP contribution is -2.15. The molecule has 0 bridgehead atoms. The zero-order chi connectivity index (χ0) is 45.3. The van der Waals surface area contributed by atoms with E-state index < -0.39 is 0 Å². The summed E-state index contributed by atoms with van der Waals surface area (Å²) < 4.78 is 0. The number of aromatic nitrogens is 2. The molecule has 0 amide bonds. The third kappa shape index (κ3) is 6.77. The average Bonchev–Trinajstić information content (AvgIpc) is 3.49. The molecule has 0 spiro atoms. The summed E-state index contributed by atoms with van der Waals surface area (Å²) in [5.74, 6) is 0.835. The number of nitrogens with zero attached hydrogens (tertiary/aromatic N) is 3. The van der Waals surface area contributed by atoms with Crippen LogP contribution in [0, 0.1) is 5.92 Å². The van der Waals surface area contributed by atoms with Crippen molar-refractivity contribution in [3.63, 3.8) is 0 Å². The fourth-order valence-electron chi connectivity index (χ4n) is 10.7. The van der Waals surface area contributed by atoms with Gasteiger partial charge in [-0.05, 0) is 120 Å². The molecule has 2 aliphatic carbocycles. The second-order valence-corrected chi connectivity index (χ2v) is 18.8. The van der Waals surface area contributed by atoms with Gasteiger partial charge in [-0.2, -0.15) is 0 Å². The molecule has 0 fully saturated rings. The standard InChI is InChI=1S/C65H45N3/c1-65(2)58-39-51(62-54-22-8-7-15-43(54)31-34-60(66-62)50-20-11-18-46(37-50)48-27-25-41-13-3-5-16-44(41)35-48)29-32-55(58)56-33-30-52(40-59(56)65)63-57-23-9-10-24-61(57)67-64(68-63)53-21-12-19-47(38-53)49-28-26-42-14-4-6-17-45(42)36-49/h3-40,43H,1-2H3. The fourth-order valence-corrected chi connectivity index (χ4v) is 10.7. The highest BCUT2D eigenvalue weighted by Gasteiger charge is 2.36. The Morgan fingerprint density at radius 1 is 0.412 bits per heavy atom. The highest BCUT2D eigenvalue weighted by Crippen LogP contribution is 2.51. The Labute approximate surface area is 396 Å². The third-order valence-corrected chi connectivity index (χ3v) is 14.3. The SMILES string of the molecule is CC1(C)c2cc(C3=C4C=CC=CC4C=CC(c4cccc(-c5ccc6ccccc6c5)c4)=N3)ccc2-c2ccc(-c3nc(-c4cccc(-c5ccc6ccccc6c5)c4)nc4ccccc34)cc21. The van der Waals surface area contributed by atoms with Crippen molar-refractivity contribution < 1.29 is 0 Å². The maximum absolute atomic E-state index is 5.57. The monoisotopic (exact) mass is 867 g/mol. The molecule has 9 aromatic carbocycles. The molecule has 0 radical (unpaired) electrons. The van der Waals surface area contributed by atoms with Crippen LogP contribution in [0.2, 0.25) is 0 Å². The van der Waals surface area contributed by atoms with E-state index in [1.807, 2.05) is 0 Å². The summed E-state index contributed by atoms with van der Waals surface area (Å²) in [7, 11) is 0. The Kier molecular flexibility index (Phi) is 9.26. The smallest absolute Gasteiger partial charge is 0.160 e. The van der Waals surface area contributed by atoms with E-state index in [1.165, 1.54) is 66.1 Å². The zero-order valence-corrected chi connectivity index (χ0v) is 37.9. The van der Waals surface area contributed by atoms with E-state index in [9.17, 15) is 0 Å². The van der Waals surface area contributed by atoms with Gasteiger partial charge in [0.15, 0.2) is 5.82 Å². The molecule has 320 valence electrons. The molecule has 1 atom stereocenters. The number of fused-ring (bicyclic) bond motifs is 7. The van der Waals surface area contributed by atoms with Crippen LogP contribution in [0.5, 0.6) is 0 Å². The Hall–Kier alpha value is -8.53. The molecule has 13 rings (SSSR count). The first-order valence-corrected chi connectivity index (χ1v) is 23.5. The molecular weight excluding hydrogens is 823 g/mol. The van der Waals surface area contributed by atoms with Crippen molar-refractivity contribution in [3.05, 3.63) is 258 Å². The van der Waals surface area contributed by atoms with Crippen molar-refractivity contribution >= 4 is 43.9 Å². The van der Waals surface area contributed by atoms with Crippen molar-refractivity contribution in [1.29, 1.82) is 0 Å². The summed E-state index contributed by atoms with van der Waals surface area (Å²) in [5, 5.41) is 5.97. The molecule has 0 N–H and O–H groups in total. The molecule has 3 nitrogen and oxygen atoms in total. The molecular formula is C65H45N3. The van der Waals surface area contributed by atoms with Gasteiger partial charge < -0.3 is 0 Å². The van der Waals surface area contributed by atoms with Crippen molar-refractivity contribution in [2.45, 2.75) is 19.3 Å². The molecule has 0 saturated carbocycles. The van der Waals surface area contributed by atoms with Crippen LogP contribution in [-0.2, 0) is 5.41 Å². The number of rotatable bonds is 6. The molecule has 1 aromatic heterocycles. The second kappa shape index (κ2) is 15.8. The zero-order valence-electron chi connectivity index (χ0n) is 37.9. The maximum Gasteiger partial charge on any atom is 0.160 e. The summed E-state index contributed by atoms with van der Waals surface area (Å²) >= 11 is 0. The number of aliphatic imine (C=N–C) groups is 1. The lowest BCUT2D eigenvalue weighted by Gasteiger charge is -2.23. The van der Waals surface area contributed by atoms with Gasteiger partial charge in [0.2, 0.25) is 0 Å². The van der Waals surface area contributed by atoms with Gasteiger partial charge in [0.1, 0.15) is 0 Å². The highest BCUT2D eigenvalue weighted by molar-refractivity contribution is 6.12. The van der Waals surface area contributed by atoms with E-state index in [4.69, 9.17) is 15.0 Å². The van der Waals surface area contributed by atoms with Crippen LogP contribution >= 0.6 is 0 Å². The number of para-hydroxylation sites is 1. The van der Waals surface area contributed by atoms with Gasteiger partial charge >= 0.3 is 0 Å². The van der Waals surface area contributed by atoms with E-state index in [-0.39, 0.29) is 11.3 Å². The van der Waals surface area contributed by atoms with E-state index >= 15 is 0 Å². The predicted molar refractivity (Wildman–Crippen MR) is 285 cm³/mol. The summed E-state index contributed by atoms with van der Waals surface area (Å²) in [6.45, 7) is 4.72. The summed E-state index contributed by atoms with van der Waals surface area (Å²) in [5.41, 5.74) is 18.8. The minimum absolute atomic E-state index is 0.120. The van der Waals surface area contributed by atoms with Crippen LogP contribution in [0.1, 0.15) is 36.1 Å². The van der Waals surface area contributed by atoms with Gasteiger partial charge in [-0.25, -0.2) is 15.0 Å². The summed E-state index contributed by atoms with van der Waals surface area (Å²) in [6, 6.07) is 70.2. The minimum atomic E-state index is -0.285. The molecule has 1 aliphatic heterocycles. The van der Waals surface area contributed by atoms with E-state index in [0.717, 1.165) is 55.8 Å². The first-order valence-electron chi connectivity index (χ1n) is 23.5. The highest BCUT2D eigenvalue weighted by atomic mass is 14.9. The summed E-state index contributed by atoms with van der Waals surface area (Å²) in [4.78, 5) is 16.1. The number of hydrogen-bond donors (Lipinski definition) is 0. The molecule has 1 unspecified atom stereocenters. The van der Waals surface area contributed by atoms with Crippen LogP contribution in [0.15, 0.2) is 241 Å². The van der Waals surface area contributed by atoms with Crippen molar-refractivity contribution in [2.75, 3.05) is 0 Å². The van der Waals surface area contributed by atoms with Crippen molar-refractivity contribution in [2.24, 2.45) is 10.9 Å². The average molecular weight is 868 g/mol. The lowest BCUT2D eigenvalue weighted by atomic mass is 9.80. The maximum atomic E-state index is 5.57. The van der Waals surface area contributed by atoms with Gasteiger partial charge in [0.05, 0.1) is 22.6 Å². The molecule has 68 heavy (non-hydrogen) atoms. The molecule has 2 heterocycles. The Bertz CT molecular complexity index is 3890. The largest absolute Gasteiger partial charge is 0.247 e. The van der Waals surface area contributed by atoms with Crippen LogP contribution in [0.4, 0.5) is 0 Å². The van der Waals surface area contributed by atoms with Gasteiger partial charge in [-0.3, -0.25) is 0 Å². The van der Waals surface area contributed by atoms with Gasteiger partial charge in [0.25, 0.3) is 0 Å². The molecule has 3 heteroatoms. The van der Waals surface area contributed by atoms with E-state index in [2.05, 4.69) is 244 Å². The topological polar surface area (TPSA) is 38.1 Å². The van der Waals surface area contributed by atoms with Crippen LogP contribution in [0.3, 0.4) is 0 Å². The lowest BCUT2D eigenvalue weighted by molar-refractivity contribution is 0.660.